The number of sulfonamides is 1. The van der Waals surface area contributed by atoms with Crippen molar-refractivity contribution in [3.05, 3.63) is 53.6 Å². The third-order valence-corrected chi connectivity index (χ3v) is 5.33. The normalized spacial score (nSPS) is 11.4. The molecule has 0 aliphatic rings. The fraction of sp³-hybridized carbons (Fsp3) is 0.364. The van der Waals surface area contributed by atoms with E-state index in [4.69, 9.17) is 9.47 Å². The molecule has 0 radical (unpaired) electrons. The Hall–Kier alpha value is -3.07. The Labute approximate surface area is 183 Å². The van der Waals surface area contributed by atoms with E-state index < -0.39 is 15.9 Å². The number of para-hydroxylation sites is 1. The fourth-order valence-corrected chi connectivity index (χ4v) is 3.69. The second-order valence-corrected chi connectivity index (χ2v) is 8.74. The minimum absolute atomic E-state index is 0.380. The number of carbonyl (C=O) groups excluding carboxylic acids is 1. The molecule has 0 saturated carbocycles. The largest absolute Gasteiger partial charge is 0.490 e. The number of anilines is 1. The maximum Gasteiger partial charge on any atom is 0.260 e. The molecule has 9 heteroatoms. The van der Waals surface area contributed by atoms with Gasteiger partial charge in [0, 0.05) is 0 Å². The van der Waals surface area contributed by atoms with E-state index >= 15 is 0 Å². The van der Waals surface area contributed by atoms with Crippen molar-refractivity contribution in [1.29, 1.82) is 0 Å². The van der Waals surface area contributed by atoms with E-state index in [1.54, 1.807) is 49.4 Å². The number of aryl methyl sites for hydroxylation is 1. The van der Waals surface area contributed by atoms with Gasteiger partial charge in [-0.1, -0.05) is 25.1 Å². The molecule has 0 spiro atoms. The standard InChI is InChI=1S/C22H29N3O5S/c1-5-13-30-20-12-11-18(14-21(20)29-6-2)15-23-24-22(26)16-25(31(4,27)28)19-10-8-7-9-17(19)3/h7-12,14-15H,5-6,13,16H2,1-4H3,(H,24,26)/b23-15-. The second-order valence-electron chi connectivity index (χ2n) is 6.84. The fourth-order valence-electron chi connectivity index (χ4n) is 2.77. The van der Waals surface area contributed by atoms with Gasteiger partial charge < -0.3 is 9.47 Å². The summed E-state index contributed by atoms with van der Waals surface area (Å²) in [4.78, 5) is 12.3. The highest BCUT2D eigenvalue weighted by molar-refractivity contribution is 7.92. The summed E-state index contributed by atoms with van der Waals surface area (Å²) in [6.45, 7) is 6.38. The Balaban J connectivity index is 2.08. The van der Waals surface area contributed by atoms with Crippen LogP contribution < -0.4 is 19.2 Å². The topological polar surface area (TPSA) is 97.3 Å². The molecule has 1 N–H and O–H groups in total. The Morgan fingerprint density at radius 3 is 2.52 bits per heavy atom. The highest BCUT2D eigenvalue weighted by atomic mass is 32.2. The SMILES string of the molecule is CCCOc1ccc(/C=N\NC(=O)CN(c2ccccc2C)S(C)(=O)=O)cc1OCC. The monoisotopic (exact) mass is 447 g/mol. The van der Waals surface area contributed by atoms with Crippen LogP contribution in [0.2, 0.25) is 0 Å². The lowest BCUT2D eigenvalue weighted by Crippen LogP contribution is -2.39. The van der Waals surface area contributed by atoms with Crippen molar-refractivity contribution in [1.82, 2.24) is 5.43 Å². The molecule has 0 aliphatic heterocycles. The molecule has 8 nitrogen and oxygen atoms in total. The van der Waals surface area contributed by atoms with Crippen LogP contribution in [0, 0.1) is 6.92 Å². The molecule has 2 aromatic rings. The van der Waals surface area contributed by atoms with Gasteiger partial charge in [-0.25, -0.2) is 13.8 Å². The number of nitrogens with one attached hydrogen (secondary N) is 1. The van der Waals surface area contributed by atoms with Crippen LogP contribution in [0.3, 0.4) is 0 Å². The van der Waals surface area contributed by atoms with E-state index in [0.717, 1.165) is 22.5 Å². The molecule has 0 bridgehead atoms. The van der Waals surface area contributed by atoms with Gasteiger partial charge in [-0.2, -0.15) is 5.10 Å². The Kier molecular flexibility index (Phi) is 8.87. The smallest absolute Gasteiger partial charge is 0.260 e. The van der Waals surface area contributed by atoms with Crippen LogP contribution in [0.15, 0.2) is 47.6 Å². The number of rotatable bonds is 11. The molecule has 0 aliphatic carbocycles. The summed E-state index contributed by atoms with van der Waals surface area (Å²) in [5, 5.41) is 3.94. The number of hydrazone groups is 1. The summed E-state index contributed by atoms with van der Waals surface area (Å²) in [5.41, 5.74) is 4.28. The number of amides is 1. The van der Waals surface area contributed by atoms with Gasteiger partial charge in [0.25, 0.3) is 5.91 Å². The van der Waals surface area contributed by atoms with E-state index in [1.807, 2.05) is 13.8 Å². The summed E-state index contributed by atoms with van der Waals surface area (Å²) >= 11 is 0. The lowest BCUT2D eigenvalue weighted by atomic mass is 10.2. The molecule has 0 aromatic heterocycles. The van der Waals surface area contributed by atoms with E-state index in [0.29, 0.717) is 36.0 Å². The third kappa shape index (κ3) is 7.29. The number of ether oxygens (including phenoxy) is 2. The van der Waals surface area contributed by atoms with Gasteiger partial charge in [0.15, 0.2) is 11.5 Å². The summed E-state index contributed by atoms with van der Waals surface area (Å²) in [7, 11) is -3.65. The number of nitrogens with zero attached hydrogens (tertiary/aromatic N) is 2. The predicted octanol–water partition coefficient (Wildman–Crippen LogP) is 3.10. The maximum absolute atomic E-state index is 12.3. The van der Waals surface area contributed by atoms with Crippen LogP contribution in [0.5, 0.6) is 11.5 Å². The van der Waals surface area contributed by atoms with Gasteiger partial charge >= 0.3 is 0 Å². The molecule has 0 heterocycles. The third-order valence-electron chi connectivity index (χ3n) is 4.20. The molecule has 0 fully saturated rings. The van der Waals surface area contributed by atoms with Crippen LogP contribution in [0.1, 0.15) is 31.4 Å². The molecular formula is C22H29N3O5S. The minimum atomic E-state index is -3.65. The summed E-state index contributed by atoms with van der Waals surface area (Å²) in [5.74, 6) is 0.679. The molecule has 0 saturated heterocycles. The lowest BCUT2D eigenvalue weighted by Gasteiger charge is -2.23. The van der Waals surface area contributed by atoms with E-state index in [-0.39, 0.29) is 6.54 Å². The molecule has 168 valence electrons. The first-order chi connectivity index (χ1) is 14.8. The Bertz CT molecular complexity index is 1020. The van der Waals surface area contributed by atoms with E-state index in [1.165, 1.54) is 6.21 Å². The summed E-state index contributed by atoms with van der Waals surface area (Å²) < 4.78 is 36.7. The van der Waals surface area contributed by atoms with E-state index in [9.17, 15) is 13.2 Å². The van der Waals surface area contributed by atoms with Crippen LogP contribution in [-0.4, -0.2) is 46.6 Å². The van der Waals surface area contributed by atoms with Crippen molar-refractivity contribution in [2.75, 3.05) is 30.3 Å². The molecule has 1 amide bonds. The quantitative estimate of drug-likeness (QED) is 0.422. The lowest BCUT2D eigenvalue weighted by molar-refractivity contribution is -0.119. The zero-order chi connectivity index (χ0) is 22.9. The molecule has 2 rings (SSSR count). The van der Waals surface area contributed by atoms with Crippen molar-refractivity contribution >= 4 is 27.8 Å². The Morgan fingerprint density at radius 2 is 1.87 bits per heavy atom. The zero-order valence-corrected chi connectivity index (χ0v) is 19.1. The molecule has 0 unspecified atom stereocenters. The molecular weight excluding hydrogens is 418 g/mol. The van der Waals surface area contributed by atoms with Crippen LogP contribution in [-0.2, 0) is 14.8 Å². The number of hydrogen-bond donors (Lipinski definition) is 1. The minimum Gasteiger partial charge on any atom is -0.490 e. The zero-order valence-electron chi connectivity index (χ0n) is 18.3. The van der Waals surface area contributed by atoms with Crippen LogP contribution >= 0.6 is 0 Å². The highest BCUT2D eigenvalue weighted by Crippen LogP contribution is 2.28. The van der Waals surface area contributed by atoms with Gasteiger partial charge in [0.1, 0.15) is 6.54 Å². The molecule has 2 aromatic carbocycles. The van der Waals surface area contributed by atoms with Crippen molar-refractivity contribution in [2.45, 2.75) is 27.2 Å². The van der Waals surface area contributed by atoms with Crippen molar-refractivity contribution in [2.24, 2.45) is 5.10 Å². The maximum atomic E-state index is 12.3. The second kappa shape index (κ2) is 11.4. The average molecular weight is 448 g/mol. The van der Waals surface area contributed by atoms with Gasteiger partial charge in [-0.15, -0.1) is 0 Å². The average Bonchev–Trinajstić information content (AvgIpc) is 2.71. The molecule has 31 heavy (non-hydrogen) atoms. The molecule has 0 atom stereocenters. The van der Waals surface area contributed by atoms with Gasteiger partial charge in [0.2, 0.25) is 10.0 Å². The number of carbonyl (C=O) groups is 1. The van der Waals surface area contributed by atoms with Crippen LogP contribution in [0.25, 0.3) is 0 Å². The van der Waals surface area contributed by atoms with Gasteiger partial charge in [0.05, 0.1) is 31.4 Å². The summed E-state index contributed by atoms with van der Waals surface area (Å²) in [6.07, 6.45) is 3.41. The van der Waals surface area contributed by atoms with Crippen molar-refractivity contribution < 1.29 is 22.7 Å². The highest BCUT2D eigenvalue weighted by Gasteiger charge is 2.21. The van der Waals surface area contributed by atoms with Crippen molar-refractivity contribution in [3.8, 4) is 11.5 Å². The predicted molar refractivity (Wildman–Crippen MR) is 123 cm³/mol. The first kappa shape index (κ1) is 24.2. The Morgan fingerprint density at radius 1 is 1.13 bits per heavy atom. The number of hydrogen-bond acceptors (Lipinski definition) is 6. The summed E-state index contributed by atoms with van der Waals surface area (Å²) in [6, 6.07) is 12.3. The van der Waals surface area contributed by atoms with Gasteiger partial charge in [-0.05, 0) is 55.7 Å². The number of benzene rings is 2. The van der Waals surface area contributed by atoms with Crippen LogP contribution in [0.4, 0.5) is 5.69 Å². The van der Waals surface area contributed by atoms with Gasteiger partial charge in [-0.3, -0.25) is 9.10 Å². The van der Waals surface area contributed by atoms with E-state index in [2.05, 4.69) is 10.5 Å². The van der Waals surface area contributed by atoms with Crippen molar-refractivity contribution in [3.63, 3.8) is 0 Å². The first-order valence-electron chi connectivity index (χ1n) is 10.0. The first-order valence-corrected chi connectivity index (χ1v) is 11.9.